The van der Waals surface area contributed by atoms with Gasteiger partial charge in [-0.1, -0.05) is 25.1 Å². The quantitative estimate of drug-likeness (QED) is 0.476. The third-order valence-corrected chi connectivity index (χ3v) is 8.31. The van der Waals surface area contributed by atoms with Crippen LogP contribution >= 0.6 is 0 Å². The number of hydrogen-bond donors (Lipinski definition) is 2. The summed E-state index contributed by atoms with van der Waals surface area (Å²) in [5, 5.41) is 12.1. The summed E-state index contributed by atoms with van der Waals surface area (Å²) in [6.07, 6.45) is -7.26. The number of carbonyl (C=O) groups is 2. The molecule has 2 aromatic carbocycles. The molecule has 1 aliphatic heterocycles. The van der Waals surface area contributed by atoms with Crippen molar-refractivity contribution in [1.29, 1.82) is 0 Å². The fraction of sp³-hybridized carbons (Fsp3) is 0.462. The third kappa shape index (κ3) is 7.70. The van der Waals surface area contributed by atoms with E-state index in [0.29, 0.717) is 0 Å². The Morgan fingerprint density at radius 2 is 1.90 bits per heavy atom. The first-order valence-corrected chi connectivity index (χ1v) is 13.8. The zero-order valence-electron chi connectivity index (χ0n) is 21.8. The van der Waals surface area contributed by atoms with Crippen molar-refractivity contribution in [3.05, 3.63) is 54.1 Å². The lowest BCUT2D eigenvalue weighted by Crippen LogP contribution is -2.50. The van der Waals surface area contributed by atoms with Gasteiger partial charge in [0.25, 0.3) is 5.91 Å². The van der Waals surface area contributed by atoms with Crippen LogP contribution in [0.5, 0.6) is 5.75 Å². The van der Waals surface area contributed by atoms with Crippen molar-refractivity contribution >= 4 is 27.5 Å². The van der Waals surface area contributed by atoms with E-state index in [1.165, 1.54) is 46.6 Å². The van der Waals surface area contributed by atoms with Gasteiger partial charge < -0.3 is 20.1 Å². The molecule has 0 spiro atoms. The molecule has 0 bridgehead atoms. The number of sulfonamides is 1. The second-order valence-electron chi connectivity index (χ2n) is 9.60. The third-order valence-electron chi connectivity index (χ3n) is 6.47. The van der Waals surface area contributed by atoms with Crippen LogP contribution in [0.25, 0.3) is 0 Å². The first-order chi connectivity index (χ1) is 18.2. The average Bonchev–Trinajstić information content (AvgIpc) is 2.89. The lowest BCUT2D eigenvalue weighted by atomic mass is 9.99. The number of halogens is 3. The predicted molar refractivity (Wildman–Crippen MR) is 138 cm³/mol. The number of hydrogen-bond acceptors (Lipinski definition) is 6. The molecule has 0 aliphatic carbocycles. The van der Waals surface area contributed by atoms with Gasteiger partial charge in [-0.05, 0) is 37.3 Å². The standard InChI is InChI=1S/C26H32F3N3O6S/c1-17-14-32(18(2)16-33)25(35)21-13-19(30-24(34)11-12-26(27,28)29)9-10-22(21)38-23(17)15-31(3)39(36,37)20-7-5-4-6-8-20/h4-10,13,17-18,23,33H,11-12,14-16H2,1-3H3,(H,30,34)/t17-,18-,23+/m0/s1. The van der Waals surface area contributed by atoms with Crippen LogP contribution in [0.2, 0.25) is 0 Å². The summed E-state index contributed by atoms with van der Waals surface area (Å²) < 4.78 is 71.0. The van der Waals surface area contributed by atoms with Crippen LogP contribution in [0.1, 0.15) is 37.0 Å². The molecule has 0 unspecified atom stereocenters. The molecule has 0 aromatic heterocycles. The van der Waals surface area contributed by atoms with E-state index in [-0.39, 0.29) is 47.5 Å². The van der Waals surface area contributed by atoms with Crippen LogP contribution in [0, 0.1) is 5.92 Å². The second kappa shape index (κ2) is 12.3. The van der Waals surface area contributed by atoms with Gasteiger partial charge in [-0.3, -0.25) is 9.59 Å². The summed E-state index contributed by atoms with van der Waals surface area (Å²) in [5.74, 6) is -1.61. The highest BCUT2D eigenvalue weighted by molar-refractivity contribution is 7.89. The monoisotopic (exact) mass is 571 g/mol. The molecule has 9 nitrogen and oxygen atoms in total. The van der Waals surface area contributed by atoms with Crippen LogP contribution in [-0.4, -0.2) is 79.6 Å². The van der Waals surface area contributed by atoms with Gasteiger partial charge in [-0.15, -0.1) is 0 Å². The van der Waals surface area contributed by atoms with Crippen molar-refractivity contribution < 1.29 is 41.0 Å². The number of nitrogens with zero attached hydrogens (tertiary/aromatic N) is 2. The molecular formula is C26H32F3N3O6S. The Morgan fingerprint density at radius 1 is 1.23 bits per heavy atom. The van der Waals surface area contributed by atoms with Crippen molar-refractivity contribution in [2.24, 2.45) is 5.92 Å². The minimum absolute atomic E-state index is 0.0226. The van der Waals surface area contributed by atoms with Crippen molar-refractivity contribution in [2.45, 2.75) is 49.9 Å². The van der Waals surface area contributed by atoms with Gasteiger partial charge in [0.05, 0.1) is 36.1 Å². The molecule has 0 radical (unpaired) electrons. The molecule has 0 saturated carbocycles. The first kappa shape index (κ1) is 30.4. The van der Waals surface area contributed by atoms with Gasteiger partial charge in [0.1, 0.15) is 11.9 Å². The number of alkyl halides is 3. The number of amides is 2. The van der Waals surface area contributed by atoms with Gasteiger partial charge in [0.15, 0.2) is 0 Å². The minimum atomic E-state index is -4.49. The summed E-state index contributed by atoms with van der Waals surface area (Å²) in [4.78, 5) is 27.1. The topological polar surface area (TPSA) is 116 Å². The number of aliphatic hydroxyl groups excluding tert-OH is 1. The number of rotatable bonds is 9. The lowest BCUT2D eigenvalue weighted by Gasteiger charge is -2.38. The average molecular weight is 572 g/mol. The Hall–Kier alpha value is -3.16. The molecule has 3 rings (SSSR count). The highest BCUT2D eigenvalue weighted by Gasteiger charge is 2.35. The van der Waals surface area contributed by atoms with Gasteiger partial charge in [-0.2, -0.15) is 17.5 Å². The highest BCUT2D eigenvalue weighted by atomic mass is 32.2. The largest absolute Gasteiger partial charge is 0.488 e. The molecule has 2 aromatic rings. The molecule has 2 amide bonds. The summed E-state index contributed by atoms with van der Waals surface area (Å²) in [7, 11) is -2.41. The molecule has 1 aliphatic rings. The number of likely N-dealkylation sites (N-methyl/N-ethyl adjacent to an activating group) is 1. The fourth-order valence-electron chi connectivity index (χ4n) is 4.12. The van der Waals surface area contributed by atoms with Gasteiger partial charge in [-0.25, -0.2) is 8.42 Å². The van der Waals surface area contributed by atoms with E-state index < -0.39 is 53.0 Å². The Kier molecular flexibility index (Phi) is 9.62. The number of fused-ring (bicyclic) bond motifs is 1. The van der Waals surface area contributed by atoms with E-state index in [2.05, 4.69) is 5.32 Å². The Morgan fingerprint density at radius 3 is 2.51 bits per heavy atom. The molecule has 0 saturated heterocycles. The van der Waals surface area contributed by atoms with Gasteiger partial charge in [0, 0.05) is 31.6 Å². The van der Waals surface area contributed by atoms with E-state index in [4.69, 9.17) is 4.74 Å². The zero-order chi connectivity index (χ0) is 29.0. The minimum Gasteiger partial charge on any atom is -0.488 e. The second-order valence-corrected chi connectivity index (χ2v) is 11.6. The molecular weight excluding hydrogens is 539 g/mol. The number of carbonyl (C=O) groups excluding carboxylic acids is 2. The first-order valence-electron chi connectivity index (χ1n) is 12.3. The van der Waals surface area contributed by atoms with E-state index >= 15 is 0 Å². The summed E-state index contributed by atoms with van der Waals surface area (Å²) >= 11 is 0. The maximum absolute atomic E-state index is 13.5. The molecule has 1 heterocycles. The molecule has 214 valence electrons. The summed E-state index contributed by atoms with van der Waals surface area (Å²) in [6, 6.07) is 11.4. The summed E-state index contributed by atoms with van der Waals surface area (Å²) in [5.41, 5.74) is 0.123. The smallest absolute Gasteiger partial charge is 0.389 e. The number of nitrogens with one attached hydrogen (secondary N) is 1. The van der Waals surface area contributed by atoms with Gasteiger partial charge >= 0.3 is 6.18 Å². The van der Waals surface area contributed by atoms with Crippen LogP contribution in [0.15, 0.2) is 53.4 Å². The van der Waals surface area contributed by atoms with Crippen molar-refractivity contribution in [1.82, 2.24) is 9.21 Å². The molecule has 2 N–H and O–H groups in total. The van der Waals surface area contributed by atoms with E-state index in [1.54, 1.807) is 32.0 Å². The molecule has 3 atom stereocenters. The van der Waals surface area contributed by atoms with Crippen molar-refractivity contribution in [3.63, 3.8) is 0 Å². The number of ether oxygens (including phenoxy) is 1. The molecule has 13 heteroatoms. The number of anilines is 1. The maximum Gasteiger partial charge on any atom is 0.389 e. The molecule has 0 fully saturated rings. The van der Waals surface area contributed by atoms with E-state index in [0.717, 1.165) is 0 Å². The Bertz CT molecular complexity index is 1270. The van der Waals surface area contributed by atoms with Crippen molar-refractivity contribution in [3.8, 4) is 5.75 Å². The SMILES string of the molecule is C[C@H]1CN([C@@H](C)CO)C(=O)c2cc(NC(=O)CCC(F)(F)F)ccc2O[C@@H]1CN(C)S(=O)(=O)c1ccccc1. The zero-order valence-corrected chi connectivity index (χ0v) is 22.6. The van der Waals surface area contributed by atoms with Crippen LogP contribution in [0.3, 0.4) is 0 Å². The van der Waals surface area contributed by atoms with Gasteiger partial charge in [0.2, 0.25) is 15.9 Å². The Labute approximate surface area is 225 Å². The normalized spacial score (nSPS) is 19.1. The van der Waals surface area contributed by atoms with Crippen LogP contribution in [-0.2, 0) is 14.8 Å². The summed E-state index contributed by atoms with van der Waals surface area (Å²) in [6.45, 7) is 3.19. The number of aliphatic hydroxyl groups is 1. The fourth-order valence-corrected chi connectivity index (χ4v) is 5.33. The molecule has 39 heavy (non-hydrogen) atoms. The maximum atomic E-state index is 13.5. The van der Waals surface area contributed by atoms with E-state index in [1.807, 2.05) is 0 Å². The lowest BCUT2D eigenvalue weighted by molar-refractivity contribution is -0.142. The van der Waals surface area contributed by atoms with Crippen molar-refractivity contribution in [2.75, 3.05) is 32.1 Å². The van der Waals surface area contributed by atoms with E-state index in [9.17, 15) is 36.3 Å². The van der Waals surface area contributed by atoms with Crippen LogP contribution < -0.4 is 10.1 Å². The highest BCUT2D eigenvalue weighted by Crippen LogP contribution is 2.31. The predicted octanol–water partition coefficient (Wildman–Crippen LogP) is 3.51. The van der Waals surface area contributed by atoms with Crippen LogP contribution in [0.4, 0.5) is 18.9 Å². The number of benzene rings is 2. The Balaban J connectivity index is 1.91.